The number of carbonyl (C=O) groups excluding carboxylic acids is 3. The molecule has 3 amide bonds. The van der Waals surface area contributed by atoms with Crippen molar-refractivity contribution >= 4 is 17.7 Å². The Morgan fingerprint density at radius 2 is 1.84 bits per heavy atom. The van der Waals surface area contributed by atoms with Gasteiger partial charge in [0.05, 0.1) is 11.8 Å². The minimum atomic E-state index is -0.374. The molecule has 98 valence electrons. The predicted molar refractivity (Wildman–Crippen MR) is 67.2 cm³/mol. The molecule has 0 bridgehead atoms. The van der Waals surface area contributed by atoms with E-state index in [9.17, 15) is 14.4 Å². The van der Waals surface area contributed by atoms with Crippen molar-refractivity contribution in [1.29, 1.82) is 0 Å². The molecule has 2 saturated heterocycles. The number of benzene rings is 1. The Balaban J connectivity index is 1.80. The topological polar surface area (TPSA) is 66.5 Å². The largest absolute Gasteiger partial charge is 0.337 e. The summed E-state index contributed by atoms with van der Waals surface area (Å²) in [6.07, 6.45) is 0. The third-order valence-corrected chi connectivity index (χ3v) is 3.79. The van der Waals surface area contributed by atoms with E-state index in [0.717, 1.165) is 5.56 Å². The van der Waals surface area contributed by atoms with Gasteiger partial charge in [-0.2, -0.15) is 0 Å². The molecule has 0 unspecified atom stereocenters. The van der Waals surface area contributed by atoms with Crippen molar-refractivity contribution in [1.82, 2.24) is 10.2 Å². The van der Waals surface area contributed by atoms with Crippen LogP contribution in [-0.4, -0.2) is 35.7 Å². The van der Waals surface area contributed by atoms with E-state index in [0.29, 0.717) is 18.7 Å². The zero-order valence-corrected chi connectivity index (χ0v) is 10.6. The number of hydrogen-bond donors (Lipinski definition) is 1. The van der Waals surface area contributed by atoms with Gasteiger partial charge >= 0.3 is 0 Å². The van der Waals surface area contributed by atoms with E-state index in [4.69, 9.17) is 0 Å². The molecule has 19 heavy (non-hydrogen) atoms. The average Bonchev–Trinajstić information content (AvgIpc) is 2.92. The van der Waals surface area contributed by atoms with Crippen molar-refractivity contribution < 1.29 is 14.4 Å². The highest BCUT2D eigenvalue weighted by atomic mass is 16.2. The SMILES string of the molecule is Cc1cccc(C(=O)N2C[C@@H]3C(=O)NC(=O)[C@@H]3C2)c1. The average molecular weight is 258 g/mol. The maximum absolute atomic E-state index is 12.3. The highest BCUT2D eigenvalue weighted by molar-refractivity contribution is 6.07. The first-order valence-corrected chi connectivity index (χ1v) is 6.27. The summed E-state index contributed by atoms with van der Waals surface area (Å²) in [5, 5.41) is 2.31. The van der Waals surface area contributed by atoms with Crippen LogP contribution in [0, 0.1) is 18.8 Å². The standard InChI is InChI=1S/C14H14N2O3/c1-8-3-2-4-9(5-8)14(19)16-6-10-11(7-16)13(18)15-12(10)17/h2-5,10-11H,6-7H2,1H3,(H,15,17,18)/t10-,11+. The molecule has 0 radical (unpaired) electrons. The van der Waals surface area contributed by atoms with Crippen LogP contribution in [-0.2, 0) is 9.59 Å². The first kappa shape index (κ1) is 11.9. The molecule has 0 spiro atoms. The highest BCUT2D eigenvalue weighted by Gasteiger charge is 2.48. The van der Waals surface area contributed by atoms with Gasteiger partial charge in [0.1, 0.15) is 0 Å². The fourth-order valence-electron chi connectivity index (χ4n) is 2.77. The zero-order chi connectivity index (χ0) is 13.6. The number of amides is 3. The number of aryl methyl sites for hydroxylation is 1. The molecule has 1 N–H and O–H groups in total. The van der Waals surface area contributed by atoms with E-state index < -0.39 is 0 Å². The number of rotatable bonds is 1. The highest BCUT2D eigenvalue weighted by Crippen LogP contribution is 2.29. The van der Waals surface area contributed by atoms with Crippen LogP contribution in [0.25, 0.3) is 0 Å². The fourth-order valence-corrected chi connectivity index (χ4v) is 2.77. The quantitative estimate of drug-likeness (QED) is 0.739. The van der Waals surface area contributed by atoms with Gasteiger partial charge in [-0.15, -0.1) is 0 Å². The van der Waals surface area contributed by atoms with Crippen molar-refractivity contribution in [2.24, 2.45) is 11.8 Å². The molecule has 1 aromatic carbocycles. The van der Waals surface area contributed by atoms with E-state index in [1.807, 2.05) is 25.1 Å². The molecule has 2 atom stereocenters. The molecule has 5 heteroatoms. The van der Waals surface area contributed by atoms with Gasteiger partial charge in [-0.1, -0.05) is 17.7 Å². The Bertz CT molecular complexity index is 560. The summed E-state index contributed by atoms with van der Waals surface area (Å²) in [6, 6.07) is 7.33. The summed E-state index contributed by atoms with van der Waals surface area (Å²) in [6.45, 7) is 2.58. The first-order valence-electron chi connectivity index (χ1n) is 6.27. The molecule has 1 aromatic rings. The fraction of sp³-hybridized carbons (Fsp3) is 0.357. The van der Waals surface area contributed by atoms with Crippen molar-refractivity contribution in [3.05, 3.63) is 35.4 Å². The normalized spacial score (nSPS) is 25.4. The molecule has 2 heterocycles. The summed E-state index contributed by atoms with van der Waals surface area (Å²) >= 11 is 0. The van der Waals surface area contributed by atoms with Crippen LogP contribution in [0.5, 0.6) is 0 Å². The van der Waals surface area contributed by atoms with Gasteiger partial charge in [-0.25, -0.2) is 0 Å². The van der Waals surface area contributed by atoms with Crippen LogP contribution in [0.1, 0.15) is 15.9 Å². The molecular weight excluding hydrogens is 244 g/mol. The Kier molecular flexibility index (Phi) is 2.62. The first-order chi connectivity index (χ1) is 9.06. The van der Waals surface area contributed by atoms with Gasteiger partial charge < -0.3 is 4.90 Å². The van der Waals surface area contributed by atoms with E-state index in [1.54, 1.807) is 11.0 Å². The number of fused-ring (bicyclic) bond motifs is 1. The van der Waals surface area contributed by atoms with Crippen molar-refractivity contribution in [2.75, 3.05) is 13.1 Å². The minimum absolute atomic E-state index is 0.112. The second kappa shape index (κ2) is 4.19. The number of carbonyl (C=O) groups is 3. The Labute approximate surface area is 110 Å². The molecule has 2 aliphatic heterocycles. The van der Waals surface area contributed by atoms with Crippen LogP contribution in [0.2, 0.25) is 0 Å². The zero-order valence-electron chi connectivity index (χ0n) is 10.6. The third kappa shape index (κ3) is 1.91. The molecule has 3 rings (SSSR count). The van der Waals surface area contributed by atoms with Crippen LogP contribution in [0.4, 0.5) is 0 Å². The third-order valence-electron chi connectivity index (χ3n) is 3.79. The van der Waals surface area contributed by atoms with Crippen LogP contribution in [0.15, 0.2) is 24.3 Å². The van der Waals surface area contributed by atoms with Crippen molar-refractivity contribution in [2.45, 2.75) is 6.92 Å². The number of likely N-dealkylation sites (tertiary alicyclic amines) is 1. The molecule has 0 aromatic heterocycles. The predicted octanol–water partition coefficient (Wildman–Crippen LogP) is 0.340. The summed E-state index contributed by atoms with van der Waals surface area (Å²) in [4.78, 5) is 37.0. The number of hydrogen-bond acceptors (Lipinski definition) is 3. The van der Waals surface area contributed by atoms with E-state index in [2.05, 4.69) is 5.32 Å². The lowest BCUT2D eigenvalue weighted by atomic mass is 10.00. The molecule has 0 saturated carbocycles. The number of imide groups is 1. The van der Waals surface area contributed by atoms with Gasteiger partial charge in [-0.05, 0) is 19.1 Å². The second-order valence-corrected chi connectivity index (χ2v) is 5.15. The summed E-state index contributed by atoms with van der Waals surface area (Å²) in [7, 11) is 0. The summed E-state index contributed by atoms with van der Waals surface area (Å²) in [5.41, 5.74) is 1.62. The number of nitrogens with zero attached hydrogens (tertiary/aromatic N) is 1. The Morgan fingerprint density at radius 3 is 2.42 bits per heavy atom. The lowest BCUT2D eigenvalue weighted by molar-refractivity contribution is -0.126. The van der Waals surface area contributed by atoms with Crippen molar-refractivity contribution in [3.8, 4) is 0 Å². The molecule has 0 aliphatic carbocycles. The van der Waals surface area contributed by atoms with Crippen LogP contribution in [0.3, 0.4) is 0 Å². The van der Waals surface area contributed by atoms with E-state index >= 15 is 0 Å². The van der Waals surface area contributed by atoms with Gasteiger partial charge in [0, 0.05) is 18.7 Å². The molecular formula is C14H14N2O3. The minimum Gasteiger partial charge on any atom is -0.337 e. The van der Waals surface area contributed by atoms with Gasteiger partial charge in [-0.3, -0.25) is 19.7 Å². The lowest BCUT2D eigenvalue weighted by Gasteiger charge is -2.17. The van der Waals surface area contributed by atoms with Gasteiger partial charge in [0.2, 0.25) is 11.8 Å². The number of nitrogens with one attached hydrogen (secondary N) is 1. The van der Waals surface area contributed by atoms with Crippen molar-refractivity contribution in [3.63, 3.8) is 0 Å². The lowest BCUT2D eigenvalue weighted by Crippen LogP contribution is -2.35. The van der Waals surface area contributed by atoms with Gasteiger partial charge in [0.15, 0.2) is 0 Å². The maximum atomic E-state index is 12.3. The van der Waals surface area contributed by atoms with Gasteiger partial charge in [0.25, 0.3) is 5.91 Å². The Hall–Kier alpha value is -2.17. The smallest absolute Gasteiger partial charge is 0.253 e. The van der Waals surface area contributed by atoms with Crippen LogP contribution >= 0.6 is 0 Å². The van der Waals surface area contributed by atoms with E-state index in [1.165, 1.54) is 0 Å². The van der Waals surface area contributed by atoms with Crippen LogP contribution < -0.4 is 5.32 Å². The summed E-state index contributed by atoms with van der Waals surface area (Å²) in [5.74, 6) is -1.37. The molecule has 5 nitrogen and oxygen atoms in total. The Morgan fingerprint density at radius 1 is 1.21 bits per heavy atom. The monoisotopic (exact) mass is 258 g/mol. The molecule has 2 fully saturated rings. The molecule has 2 aliphatic rings. The second-order valence-electron chi connectivity index (χ2n) is 5.15. The van der Waals surface area contributed by atoms with E-state index in [-0.39, 0.29) is 29.6 Å². The maximum Gasteiger partial charge on any atom is 0.253 e. The summed E-state index contributed by atoms with van der Waals surface area (Å²) < 4.78 is 0.